The van der Waals surface area contributed by atoms with Crippen LogP contribution in [0.1, 0.15) is 51.1 Å². The molecule has 1 fully saturated rings. The SMILES string of the molecule is CNC(C)c1cccnc1OC1CCC(C)CC1. The first-order chi connectivity index (χ1) is 8.70. The second-order valence-corrected chi connectivity index (χ2v) is 5.41. The molecule has 1 aliphatic carbocycles. The molecule has 1 aliphatic rings. The highest BCUT2D eigenvalue weighted by molar-refractivity contribution is 5.28. The van der Waals surface area contributed by atoms with E-state index < -0.39 is 0 Å². The predicted molar refractivity (Wildman–Crippen MR) is 73.8 cm³/mol. The lowest BCUT2D eigenvalue weighted by Gasteiger charge is -2.27. The van der Waals surface area contributed by atoms with Gasteiger partial charge >= 0.3 is 0 Å². The van der Waals surface area contributed by atoms with Gasteiger partial charge in [0, 0.05) is 17.8 Å². The molecule has 1 heterocycles. The molecular weight excluding hydrogens is 224 g/mol. The van der Waals surface area contributed by atoms with Gasteiger partial charge in [-0.25, -0.2) is 4.98 Å². The Labute approximate surface area is 110 Å². The molecule has 0 aromatic carbocycles. The largest absolute Gasteiger partial charge is 0.474 e. The van der Waals surface area contributed by atoms with E-state index in [-0.39, 0.29) is 6.04 Å². The number of ether oxygens (including phenoxy) is 1. The Morgan fingerprint density at radius 3 is 2.72 bits per heavy atom. The normalized spacial score (nSPS) is 25.7. The van der Waals surface area contributed by atoms with E-state index in [1.807, 2.05) is 19.3 Å². The van der Waals surface area contributed by atoms with Gasteiger partial charge in [0.25, 0.3) is 0 Å². The smallest absolute Gasteiger partial charge is 0.218 e. The number of aromatic nitrogens is 1. The van der Waals surface area contributed by atoms with E-state index in [0.29, 0.717) is 6.10 Å². The Morgan fingerprint density at radius 1 is 1.33 bits per heavy atom. The van der Waals surface area contributed by atoms with Gasteiger partial charge in [0.1, 0.15) is 6.10 Å². The van der Waals surface area contributed by atoms with Gasteiger partial charge in [-0.05, 0) is 51.6 Å². The highest BCUT2D eigenvalue weighted by Gasteiger charge is 2.21. The number of nitrogens with zero attached hydrogens (tertiary/aromatic N) is 1. The Kier molecular flexibility index (Phi) is 4.59. The van der Waals surface area contributed by atoms with E-state index in [2.05, 4.69) is 30.2 Å². The number of pyridine rings is 1. The third kappa shape index (κ3) is 3.22. The molecule has 0 aliphatic heterocycles. The van der Waals surface area contributed by atoms with E-state index in [4.69, 9.17) is 4.74 Å². The van der Waals surface area contributed by atoms with E-state index in [0.717, 1.165) is 30.2 Å². The molecule has 0 amide bonds. The van der Waals surface area contributed by atoms with Crippen molar-refractivity contribution in [2.24, 2.45) is 5.92 Å². The van der Waals surface area contributed by atoms with Gasteiger partial charge < -0.3 is 10.1 Å². The molecule has 0 spiro atoms. The molecule has 0 saturated heterocycles. The lowest BCUT2D eigenvalue weighted by molar-refractivity contribution is 0.128. The van der Waals surface area contributed by atoms with Crippen LogP contribution in [-0.4, -0.2) is 18.1 Å². The van der Waals surface area contributed by atoms with Gasteiger partial charge in [0.2, 0.25) is 5.88 Å². The molecule has 1 atom stereocenters. The summed E-state index contributed by atoms with van der Waals surface area (Å²) >= 11 is 0. The summed E-state index contributed by atoms with van der Waals surface area (Å²) in [5.41, 5.74) is 1.15. The minimum absolute atomic E-state index is 0.274. The van der Waals surface area contributed by atoms with Gasteiger partial charge in [-0.3, -0.25) is 0 Å². The van der Waals surface area contributed by atoms with Crippen molar-refractivity contribution in [1.29, 1.82) is 0 Å². The summed E-state index contributed by atoms with van der Waals surface area (Å²) in [5.74, 6) is 1.66. The van der Waals surface area contributed by atoms with E-state index in [1.54, 1.807) is 0 Å². The standard InChI is InChI=1S/C15H24N2O/c1-11-6-8-13(9-7-11)18-15-14(12(2)16-3)5-4-10-17-15/h4-5,10-13,16H,6-9H2,1-3H3. The topological polar surface area (TPSA) is 34.2 Å². The third-order valence-electron chi connectivity index (χ3n) is 3.94. The van der Waals surface area contributed by atoms with Gasteiger partial charge in [0.05, 0.1) is 0 Å². The lowest BCUT2D eigenvalue weighted by Crippen LogP contribution is -2.24. The van der Waals surface area contributed by atoms with Crippen molar-refractivity contribution in [1.82, 2.24) is 10.3 Å². The third-order valence-corrected chi connectivity index (χ3v) is 3.94. The number of hydrogen-bond donors (Lipinski definition) is 1. The number of nitrogens with one attached hydrogen (secondary N) is 1. The molecule has 1 unspecified atom stereocenters. The van der Waals surface area contributed by atoms with Crippen LogP contribution in [-0.2, 0) is 0 Å². The monoisotopic (exact) mass is 248 g/mol. The first kappa shape index (κ1) is 13.3. The first-order valence-electron chi connectivity index (χ1n) is 6.99. The summed E-state index contributed by atoms with van der Waals surface area (Å²) in [7, 11) is 1.96. The molecule has 1 N–H and O–H groups in total. The molecule has 2 rings (SSSR count). The van der Waals surface area contributed by atoms with Crippen molar-refractivity contribution in [2.75, 3.05) is 7.05 Å². The summed E-state index contributed by atoms with van der Waals surface area (Å²) in [6, 6.07) is 4.34. The zero-order valence-electron chi connectivity index (χ0n) is 11.6. The maximum atomic E-state index is 6.11. The molecule has 1 aromatic heterocycles. The van der Waals surface area contributed by atoms with Crippen LogP contribution in [0, 0.1) is 5.92 Å². The van der Waals surface area contributed by atoms with E-state index in [9.17, 15) is 0 Å². The fourth-order valence-electron chi connectivity index (χ4n) is 2.49. The van der Waals surface area contributed by atoms with Crippen LogP contribution in [0.3, 0.4) is 0 Å². The minimum Gasteiger partial charge on any atom is -0.474 e. The Balaban J connectivity index is 2.04. The van der Waals surface area contributed by atoms with Crippen molar-refractivity contribution in [3.63, 3.8) is 0 Å². The Bertz CT molecular complexity index is 373. The van der Waals surface area contributed by atoms with Gasteiger partial charge in [0.15, 0.2) is 0 Å². The number of hydrogen-bond acceptors (Lipinski definition) is 3. The van der Waals surface area contributed by atoms with Crippen LogP contribution in [0.15, 0.2) is 18.3 Å². The second kappa shape index (κ2) is 6.19. The molecule has 18 heavy (non-hydrogen) atoms. The van der Waals surface area contributed by atoms with Crippen molar-refractivity contribution in [3.8, 4) is 5.88 Å². The maximum Gasteiger partial charge on any atom is 0.218 e. The van der Waals surface area contributed by atoms with Gasteiger partial charge in [-0.1, -0.05) is 13.0 Å². The molecule has 3 heteroatoms. The van der Waals surface area contributed by atoms with Crippen molar-refractivity contribution in [2.45, 2.75) is 51.7 Å². The van der Waals surface area contributed by atoms with E-state index >= 15 is 0 Å². The zero-order chi connectivity index (χ0) is 13.0. The quantitative estimate of drug-likeness (QED) is 0.887. The molecule has 0 radical (unpaired) electrons. The summed E-state index contributed by atoms with van der Waals surface area (Å²) in [4.78, 5) is 4.40. The summed E-state index contributed by atoms with van der Waals surface area (Å²) in [5, 5.41) is 3.25. The fourth-order valence-corrected chi connectivity index (χ4v) is 2.49. The second-order valence-electron chi connectivity index (χ2n) is 5.41. The van der Waals surface area contributed by atoms with Crippen LogP contribution in [0.25, 0.3) is 0 Å². The average molecular weight is 248 g/mol. The summed E-state index contributed by atoms with van der Waals surface area (Å²) in [6.07, 6.45) is 7.02. The van der Waals surface area contributed by atoms with Crippen molar-refractivity contribution in [3.05, 3.63) is 23.9 Å². The lowest BCUT2D eigenvalue weighted by atomic mass is 9.89. The zero-order valence-corrected chi connectivity index (χ0v) is 11.6. The molecule has 1 aromatic rings. The van der Waals surface area contributed by atoms with Gasteiger partial charge in [-0.15, -0.1) is 0 Å². The predicted octanol–water partition coefficient (Wildman–Crippen LogP) is 3.32. The highest BCUT2D eigenvalue weighted by Crippen LogP contribution is 2.29. The van der Waals surface area contributed by atoms with Crippen LogP contribution in [0.2, 0.25) is 0 Å². The van der Waals surface area contributed by atoms with Crippen LogP contribution >= 0.6 is 0 Å². The Hall–Kier alpha value is -1.09. The van der Waals surface area contributed by atoms with Crippen LogP contribution < -0.4 is 10.1 Å². The number of rotatable bonds is 4. The molecular formula is C15H24N2O. The molecule has 1 saturated carbocycles. The van der Waals surface area contributed by atoms with Crippen LogP contribution in [0.5, 0.6) is 5.88 Å². The van der Waals surface area contributed by atoms with Crippen molar-refractivity contribution < 1.29 is 4.74 Å². The fraction of sp³-hybridized carbons (Fsp3) is 0.667. The molecule has 3 nitrogen and oxygen atoms in total. The van der Waals surface area contributed by atoms with E-state index in [1.165, 1.54) is 12.8 Å². The highest BCUT2D eigenvalue weighted by atomic mass is 16.5. The molecule has 0 bridgehead atoms. The summed E-state index contributed by atoms with van der Waals surface area (Å²) in [6.45, 7) is 4.46. The van der Waals surface area contributed by atoms with Crippen molar-refractivity contribution >= 4 is 0 Å². The maximum absolute atomic E-state index is 6.11. The molecule has 100 valence electrons. The average Bonchev–Trinajstić information content (AvgIpc) is 2.41. The first-order valence-corrected chi connectivity index (χ1v) is 6.99. The van der Waals surface area contributed by atoms with Crippen LogP contribution in [0.4, 0.5) is 0 Å². The Morgan fingerprint density at radius 2 is 2.06 bits per heavy atom. The minimum atomic E-state index is 0.274. The summed E-state index contributed by atoms with van der Waals surface area (Å²) < 4.78 is 6.11. The van der Waals surface area contributed by atoms with Gasteiger partial charge in [-0.2, -0.15) is 0 Å².